The Kier molecular flexibility index (Phi) is 4.63. The van der Waals surface area contributed by atoms with Crippen molar-refractivity contribution in [3.05, 3.63) is 60.2 Å². The van der Waals surface area contributed by atoms with Crippen molar-refractivity contribution in [2.45, 2.75) is 6.61 Å². The lowest BCUT2D eigenvalue weighted by Gasteiger charge is -2.13. The summed E-state index contributed by atoms with van der Waals surface area (Å²) in [6, 6.07) is 11.2. The number of carbonyl (C=O) groups is 2. The van der Waals surface area contributed by atoms with Crippen LogP contribution in [0.1, 0.15) is 16.1 Å². The van der Waals surface area contributed by atoms with Crippen LogP contribution in [0.4, 0.5) is 0 Å². The highest BCUT2D eigenvalue weighted by Crippen LogP contribution is 2.33. The smallest absolute Gasteiger partial charge is 0.325 e. The lowest BCUT2D eigenvalue weighted by molar-refractivity contribution is -0.139. The summed E-state index contributed by atoms with van der Waals surface area (Å²) in [5.74, 6) is -0.930. The second kappa shape index (κ2) is 7.39. The number of fused-ring (bicyclic) bond motifs is 3. The van der Waals surface area contributed by atoms with E-state index in [2.05, 4.69) is 20.1 Å². The number of pyridine rings is 1. The maximum atomic E-state index is 12.8. The molecule has 0 bridgehead atoms. The van der Waals surface area contributed by atoms with Crippen LogP contribution in [0.2, 0.25) is 0 Å². The number of hydrogen-bond donors (Lipinski definition) is 1. The largest absolute Gasteiger partial charge is 0.483 e. The molecule has 0 spiro atoms. The van der Waals surface area contributed by atoms with Crippen LogP contribution in [0.3, 0.4) is 0 Å². The van der Waals surface area contributed by atoms with E-state index in [1.807, 2.05) is 30.3 Å². The number of carbonyl (C=O) groups excluding carboxylic acids is 2. The van der Waals surface area contributed by atoms with Crippen LogP contribution in [0.15, 0.2) is 53.4 Å². The molecule has 1 aromatic carbocycles. The number of furan rings is 1. The molecule has 142 valence electrons. The Morgan fingerprint density at radius 3 is 2.82 bits per heavy atom. The van der Waals surface area contributed by atoms with Gasteiger partial charge in [0.15, 0.2) is 22.7 Å². The van der Waals surface area contributed by atoms with Gasteiger partial charge in [-0.3, -0.25) is 9.59 Å². The third-order valence-electron chi connectivity index (χ3n) is 4.15. The van der Waals surface area contributed by atoms with Crippen molar-refractivity contribution in [3.63, 3.8) is 0 Å². The van der Waals surface area contributed by atoms with Crippen molar-refractivity contribution in [1.82, 2.24) is 19.9 Å². The molecule has 4 rings (SSSR count). The van der Waals surface area contributed by atoms with Gasteiger partial charge in [-0.1, -0.05) is 30.3 Å². The molecule has 0 aliphatic heterocycles. The number of nitrogens with one attached hydrogen (secondary N) is 1. The highest BCUT2D eigenvalue weighted by Gasteiger charge is 2.25. The minimum Gasteiger partial charge on any atom is -0.483 e. The summed E-state index contributed by atoms with van der Waals surface area (Å²) in [6.45, 7) is -0.0754. The zero-order valence-corrected chi connectivity index (χ0v) is 14.9. The first-order valence-corrected chi connectivity index (χ1v) is 8.43. The standard InChI is InChI=1S/C19H16N4O5/c1-26-14(24)9-20-19(25)15-17(28-10-12-5-3-2-4-6-12)16-13(7-8-27-16)18-21-11-22-23(15)18/h2-8,11H,9-10H2,1H3,(H,20,25). The van der Waals surface area contributed by atoms with Crippen LogP contribution in [-0.4, -0.2) is 40.1 Å². The van der Waals surface area contributed by atoms with Gasteiger partial charge in [0.2, 0.25) is 0 Å². The Morgan fingerprint density at radius 2 is 2.04 bits per heavy atom. The fraction of sp³-hybridized carbons (Fsp3) is 0.158. The summed E-state index contributed by atoms with van der Waals surface area (Å²) in [4.78, 5) is 28.4. The molecular weight excluding hydrogens is 364 g/mol. The van der Waals surface area contributed by atoms with Crippen LogP contribution in [0, 0.1) is 0 Å². The van der Waals surface area contributed by atoms with Gasteiger partial charge in [0.1, 0.15) is 19.5 Å². The van der Waals surface area contributed by atoms with E-state index in [0.717, 1.165) is 5.56 Å². The summed E-state index contributed by atoms with van der Waals surface area (Å²) in [6.07, 6.45) is 2.82. The molecule has 0 aliphatic carbocycles. The van der Waals surface area contributed by atoms with E-state index in [9.17, 15) is 9.59 Å². The fourth-order valence-corrected chi connectivity index (χ4v) is 2.82. The van der Waals surface area contributed by atoms with Crippen LogP contribution in [-0.2, 0) is 16.1 Å². The summed E-state index contributed by atoms with van der Waals surface area (Å²) in [7, 11) is 1.24. The van der Waals surface area contributed by atoms with Crippen LogP contribution < -0.4 is 10.1 Å². The highest BCUT2D eigenvalue weighted by molar-refractivity contribution is 6.05. The molecule has 0 radical (unpaired) electrons. The molecule has 1 amide bonds. The summed E-state index contributed by atoms with van der Waals surface area (Å²) in [5.41, 5.74) is 1.82. The maximum absolute atomic E-state index is 12.8. The number of nitrogens with zero attached hydrogens (tertiary/aromatic N) is 3. The topological polar surface area (TPSA) is 108 Å². The second-order valence-corrected chi connectivity index (χ2v) is 5.87. The van der Waals surface area contributed by atoms with Crippen molar-refractivity contribution < 1.29 is 23.5 Å². The zero-order valence-electron chi connectivity index (χ0n) is 14.9. The number of rotatable bonds is 6. The molecule has 28 heavy (non-hydrogen) atoms. The van der Waals surface area contributed by atoms with E-state index in [0.29, 0.717) is 16.6 Å². The molecule has 9 nitrogen and oxygen atoms in total. The first kappa shape index (κ1) is 17.5. The number of methoxy groups -OCH3 is 1. The molecule has 3 aromatic heterocycles. The lowest BCUT2D eigenvalue weighted by Crippen LogP contribution is -2.32. The van der Waals surface area contributed by atoms with Gasteiger partial charge < -0.3 is 19.2 Å². The first-order chi connectivity index (χ1) is 13.7. The van der Waals surface area contributed by atoms with Crippen molar-refractivity contribution in [2.24, 2.45) is 0 Å². The quantitative estimate of drug-likeness (QED) is 0.509. The van der Waals surface area contributed by atoms with Crippen molar-refractivity contribution in [3.8, 4) is 5.75 Å². The molecule has 4 aromatic rings. The van der Waals surface area contributed by atoms with E-state index in [4.69, 9.17) is 9.15 Å². The second-order valence-electron chi connectivity index (χ2n) is 5.87. The van der Waals surface area contributed by atoms with Gasteiger partial charge in [-0.05, 0) is 11.6 Å². The summed E-state index contributed by atoms with van der Waals surface area (Å²) >= 11 is 0. The Labute approximate surface area is 158 Å². The SMILES string of the molecule is COC(=O)CNC(=O)c1c(OCc2ccccc2)c2occc2c2ncnn12. The van der Waals surface area contributed by atoms with Gasteiger partial charge in [-0.15, -0.1) is 0 Å². The Morgan fingerprint density at radius 1 is 1.21 bits per heavy atom. The fourth-order valence-electron chi connectivity index (χ4n) is 2.82. The minimum absolute atomic E-state index is 0.0785. The normalized spacial score (nSPS) is 10.9. The van der Waals surface area contributed by atoms with E-state index < -0.39 is 11.9 Å². The number of esters is 1. The number of amides is 1. The molecule has 3 heterocycles. The highest BCUT2D eigenvalue weighted by atomic mass is 16.5. The Hall–Kier alpha value is -3.88. The average molecular weight is 380 g/mol. The first-order valence-electron chi connectivity index (χ1n) is 8.43. The third kappa shape index (κ3) is 3.13. The van der Waals surface area contributed by atoms with Gasteiger partial charge in [-0.25, -0.2) is 9.50 Å². The van der Waals surface area contributed by atoms with Gasteiger partial charge in [0.25, 0.3) is 5.91 Å². The number of hydrogen-bond acceptors (Lipinski definition) is 7. The molecule has 0 saturated heterocycles. The maximum Gasteiger partial charge on any atom is 0.325 e. The van der Waals surface area contributed by atoms with Gasteiger partial charge >= 0.3 is 5.97 Å². The number of ether oxygens (including phenoxy) is 2. The van der Waals surface area contributed by atoms with Crippen LogP contribution in [0.5, 0.6) is 5.75 Å². The van der Waals surface area contributed by atoms with Crippen molar-refractivity contribution in [1.29, 1.82) is 0 Å². The minimum atomic E-state index is -0.575. The number of benzene rings is 1. The molecule has 0 unspecified atom stereocenters. The molecule has 1 N–H and O–H groups in total. The third-order valence-corrected chi connectivity index (χ3v) is 4.15. The molecule has 0 atom stereocenters. The van der Waals surface area contributed by atoms with E-state index >= 15 is 0 Å². The van der Waals surface area contributed by atoms with Crippen LogP contribution in [0.25, 0.3) is 16.6 Å². The average Bonchev–Trinajstić information content (AvgIpc) is 3.39. The monoisotopic (exact) mass is 380 g/mol. The lowest BCUT2D eigenvalue weighted by atomic mass is 10.2. The summed E-state index contributed by atoms with van der Waals surface area (Å²) < 4.78 is 17.5. The Bertz CT molecular complexity index is 1150. The van der Waals surface area contributed by atoms with Crippen LogP contribution >= 0.6 is 0 Å². The van der Waals surface area contributed by atoms with E-state index in [1.54, 1.807) is 6.07 Å². The zero-order chi connectivity index (χ0) is 19.5. The van der Waals surface area contributed by atoms with Gasteiger partial charge in [-0.2, -0.15) is 5.10 Å². The van der Waals surface area contributed by atoms with E-state index in [-0.39, 0.29) is 24.6 Å². The molecule has 9 heteroatoms. The van der Waals surface area contributed by atoms with Crippen molar-refractivity contribution >= 4 is 28.5 Å². The Balaban J connectivity index is 1.79. The molecule has 0 saturated carbocycles. The molecular formula is C19H16N4O5. The number of aromatic nitrogens is 3. The van der Waals surface area contributed by atoms with Gasteiger partial charge in [0, 0.05) is 0 Å². The van der Waals surface area contributed by atoms with Gasteiger partial charge in [0.05, 0.1) is 18.8 Å². The summed E-state index contributed by atoms with van der Waals surface area (Å²) in [5, 5.41) is 7.30. The van der Waals surface area contributed by atoms with Crippen molar-refractivity contribution in [2.75, 3.05) is 13.7 Å². The predicted molar refractivity (Wildman–Crippen MR) is 97.9 cm³/mol. The molecule has 0 aliphatic rings. The molecule has 0 fully saturated rings. The van der Waals surface area contributed by atoms with E-state index in [1.165, 1.54) is 24.2 Å². The predicted octanol–water partition coefficient (Wildman–Crippen LogP) is 1.96.